The van der Waals surface area contributed by atoms with Crippen molar-refractivity contribution in [1.82, 2.24) is 10.2 Å². The highest BCUT2D eigenvalue weighted by Crippen LogP contribution is 2.19. The van der Waals surface area contributed by atoms with Gasteiger partial charge in [-0.1, -0.05) is 61.2 Å². The molecule has 160 valence electrons. The van der Waals surface area contributed by atoms with Crippen LogP contribution >= 0.6 is 11.6 Å². The van der Waals surface area contributed by atoms with Gasteiger partial charge in [0, 0.05) is 17.6 Å². The maximum Gasteiger partial charge on any atom is 0.242 e. The summed E-state index contributed by atoms with van der Waals surface area (Å²) in [5.41, 5.74) is 1.18. The molecule has 0 bridgehead atoms. The van der Waals surface area contributed by atoms with Crippen LogP contribution in [-0.4, -0.2) is 28.8 Å². The molecule has 1 saturated carbocycles. The summed E-state index contributed by atoms with van der Waals surface area (Å²) in [5.74, 6) is -0.879. The molecule has 2 aromatic carbocycles. The van der Waals surface area contributed by atoms with Crippen molar-refractivity contribution in [2.24, 2.45) is 0 Å². The number of rotatable bonds is 7. The predicted octanol–water partition coefficient (Wildman–Crippen LogP) is 4.89. The van der Waals surface area contributed by atoms with E-state index in [0.717, 1.165) is 31.2 Å². The van der Waals surface area contributed by atoms with Crippen LogP contribution in [0, 0.1) is 5.82 Å². The van der Waals surface area contributed by atoms with Crippen LogP contribution in [-0.2, 0) is 22.6 Å². The average molecular weight is 431 g/mol. The molecule has 4 nitrogen and oxygen atoms in total. The third-order valence-electron chi connectivity index (χ3n) is 5.68. The molecular weight excluding hydrogens is 403 g/mol. The van der Waals surface area contributed by atoms with Crippen LogP contribution in [0.4, 0.5) is 4.39 Å². The van der Waals surface area contributed by atoms with E-state index in [4.69, 9.17) is 11.6 Å². The molecule has 6 heteroatoms. The molecule has 1 atom stereocenters. The van der Waals surface area contributed by atoms with Crippen molar-refractivity contribution >= 4 is 23.4 Å². The number of nitrogens with one attached hydrogen (secondary N) is 1. The standard InChI is InChI=1S/C24H28ClFN2O2/c1-17(24(30)27-21-8-3-2-4-9-21)28(16-18-11-13-20(25)14-12-18)23(29)15-19-7-5-6-10-22(19)26/h5-7,10-14,17,21H,2-4,8-9,15-16H2,1H3,(H,27,30)/t17-/m0/s1. The van der Waals surface area contributed by atoms with Crippen LogP contribution in [0.5, 0.6) is 0 Å². The Kier molecular flexibility index (Phi) is 7.86. The smallest absolute Gasteiger partial charge is 0.242 e. The fourth-order valence-electron chi connectivity index (χ4n) is 3.84. The van der Waals surface area contributed by atoms with Gasteiger partial charge in [-0.25, -0.2) is 4.39 Å². The highest BCUT2D eigenvalue weighted by atomic mass is 35.5. The molecule has 1 fully saturated rings. The minimum Gasteiger partial charge on any atom is -0.352 e. The van der Waals surface area contributed by atoms with E-state index < -0.39 is 11.9 Å². The number of hydrogen-bond donors (Lipinski definition) is 1. The largest absolute Gasteiger partial charge is 0.352 e. The van der Waals surface area contributed by atoms with Gasteiger partial charge in [-0.2, -0.15) is 0 Å². The lowest BCUT2D eigenvalue weighted by molar-refractivity contribution is -0.140. The number of nitrogens with zero attached hydrogens (tertiary/aromatic N) is 1. The third kappa shape index (κ3) is 6.05. The van der Waals surface area contributed by atoms with Crippen LogP contribution < -0.4 is 5.32 Å². The molecule has 1 aliphatic carbocycles. The normalized spacial score (nSPS) is 15.4. The van der Waals surface area contributed by atoms with Gasteiger partial charge in [0.2, 0.25) is 11.8 Å². The first-order valence-electron chi connectivity index (χ1n) is 10.5. The molecule has 0 radical (unpaired) electrons. The number of benzene rings is 2. The van der Waals surface area contributed by atoms with Gasteiger partial charge in [0.15, 0.2) is 0 Å². The summed E-state index contributed by atoms with van der Waals surface area (Å²) in [6, 6.07) is 12.9. The molecule has 0 spiro atoms. The molecule has 0 saturated heterocycles. The second kappa shape index (κ2) is 10.6. The summed E-state index contributed by atoms with van der Waals surface area (Å²) in [7, 11) is 0. The topological polar surface area (TPSA) is 49.4 Å². The van der Waals surface area contributed by atoms with Crippen molar-refractivity contribution in [3.8, 4) is 0 Å². The monoisotopic (exact) mass is 430 g/mol. The van der Waals surface area contributed by atoms with Crippen LogP contribution in [0.3, 0.4) is 0 Å². The Morgan fingerprint density at radius 1 is 1.10 bits per heavy atom. The molecule has 3 rings (SSSR count). The second-order valence-corrected chi connectivity index (χ2v) is 8.37. The average Bonchev–Trinajstić information content (AvgIpc) is 2.75. The second-order valence-electron chi connectivity index (χ2n) is 7.94. The summed E-state index contributed by atoms with van der Waals surface area (Å²) in [4.78, 5) is 27.6. The quantitative estimate of drug-likeness (QED) is 0.680. The lowest BCUT2D eigenvalue weighted by Crippen LogP contribution is -2.50. The summed E-state index contributed by atoms with van der Waals surface area (Å²) in [5, 5.41) is 3.70. The number of amides is 2. The Morgan fingerprint density at radius 3 is 2.43 bits per heavy atom. The molecule has 0 unspecified atom stereocenters. The van der Waals surface area contributed by atoms with E-state index in [9.17, 15) is 14.0 Å². The number of carbonyl (C=O) groups is 2. The molecule has 1 N–H and O–H groups in total. The predicted molar refractivity (Wildman–Crippen MR) is 117 cm³/mol. The van der Waals surface area contributed by atoms with E-state index in [1.54, 1.807) is 37.3 Å². The van der Waals surface area contributed by atoms with Crippen molar-refractivity contribution < 1.29 is 14.0 Å². The Labute approximate surface area is 182 Å². The summed E-state index contributed by atoms with van der Waals surface area (Å²) in [6.07, 6.45) is 5.27. The van der Waals surface area contributed by atoms with Crippen molar-refractivity contribution in [3.05, 3.63) is 70.5 Å². The summed E-state index contributed by atoms with van der Waals surface area (Å²) >= 11 is 5.97. The third-order valence-corrected chi connectivity index (χ3v) is 5.94. The minimum atomic E-state index is -0.665. The molecule has 2 amide bonds. The van der Waals surface area contributed by atoms with Gasteiger partial charge in [0.25, 0.3) is 0 Å². The first-order chi connectivity index (χ1) is 14.4. The molecule has 0 heterocycles. The zero-order chi connectivity index (χ0) is 21.5. The van der Waals surface area contributed by atoms with Gasteiger partial charge >= 0.3 is 0 Å². The van der Waals surface area contributed by atoms with Crippen LogP contribution in [0.15, 0.2) is 48.5 Å². The minimum absolute atomic E-state index is 0.0959. The van der Waals surface area contributed by atoms with Crippen LogP contribution in [0.2, 0.25) is 5.02 Å². The fourth-order valence-corrected chi connectivity index (χ4v) is 3.97. The van der Waals surface area contributed by atoms with Gasteiger partial charge < -0.3 is 10.2 Å². The van der Waals surface area contributed by atoms with Crippen LogP contribution in [0.25, 0.3) is 0 Å². The first kappa shape index (κ1) is 22.3. The van der Waals surface area contributed by atoms with Crippen LogP contribution in [0.1, 0.15) is 50.2 Å². The summed E-state index contributed by atoms with van der Waals surface area (Å²) in [6.45, 7) is 1.98. The highest BCUT2D eigenvalue weighted by Gasteiger charge is 2.28. The first-order valence-corrected chi connectivity index (χ1v) is 10.9. The molecule has 1 aliphatic rings. The van der Waals surface area contributed by atoms with Crippen molar-refractivity contribution in [2.75, 3.05) is 0 Å². The highest BCUT2D eigenvalue weighted by molar-refractivity contribution is 6.30. The van der Waals surface area contributed by atoms with Crippen molar-refractivity contribution in [2.45, 2.75) is 64.1 Å². The van der Waals surface area contributed by atoms with Gasteiger partial charge in [-0.05, 0) is 49.1 Å². The van der Waals surface area contributed by atoms with E-state index in [2.05, 4.69) is 5.32 Å². The van der Waals surface area contributed by atoms with Crippen molar-refractivity contribution in [1.29, 1.82) is 0 Å². The van der Waals surface area contributed by atoms with Crippen molar-refractivity contribution in [3.63, 3.8) is 0 Å². The Hall–Kier alpha value is -2.40. The number of hydrogen-bond acceptors (Lipinski definition) is 2. The van der Waals surface area contributed by atoms with Gasteiger partial charge in [-0.3, -0.25) is 9.59 Å². The van der Waals surface area contributed by atoms with E-state index in [1.807, 2.05) is 12.1 Å². The van der Waals surface area contributed by atoms with E-state index in [-0.39, 0.29) is 30.8 Å². The Balaban J connectivity index is 1.76. The summed E-state index contributed by atoms with van der Waals surface area (Å²) < 4.78 is 14.1. The van der Waals surface area contributed by atoms with E-state index in [1.165, 1.54) is 17.4 Å². The fraction of sp³-hybridized carbons (Fsp3) is 0.417. The Morgan fingerprint density at radius 2 is 1.77 bits per heavy atom. The number of halogens is 2. The Bertz CT molecular complexity index is 866. The zero-order valence-electron chi connectivity index (χ0n) is 17.2. The van der Waals surface area contributed by atoms with Gasteiger partial charge in [0.1, 0.15) is 11.9 Å². The maximum atomic E-state index is 14.1. The lowest BCUT2D eigenvalue weighted by Gasteiger charge is -2.31. The van der Waals surface area contributed by atoms with E-state index in [0.29, 0.717) is 10.6 Å². The maximum absolute atomic E-state index is 14.1. The molecular formula is C24H28ClFN2O2. The molecule has 0 aromatic heterocycles. The van der Waals surface area contributed by atoms with Gasteiger partial charge in [0.05, 0.1) is 6.42 Å². The van der Waals surface area contributed by atoms with Gasteiger partial charge in [-0.15, -0.1) is 0 Å². The SMILES string of the molecule is C[C@@H](C(=O)NC1CCCCC1)N(Cc1ccc(Cl)cc1)C(=O)Cc1ccccc1F. The zero-order valence-corrected chi connectivity index (χ0v) is 18.0. The lowest BCUT2D eigenvalue weighted by atomic mass is 9.95. The molecule has 2 aromatic rings. The molecule has 0 aliphatic heterocycles. The number of carbonyl (C=O) groups excluding carboxylic acids is 2. The molecule has 30 heavy (non-hydrogen) atoms. The van der Waals surface area contributed by atoms with E-state index >= 15 is 0 Å².